The van der Waals surface area contributed by atoms with Crippen molar-refractivity contribution < 1.29 is 37.3 Å². The van der Waals surface area contributed by atoms with E-state index in [0.717, 1.165) is 70.6 Å². The molecule has 0 heterocycles. The Bertz CT molecular complexity index is 1220. The average molecular weight is 937 g/mol. The van der Waals surface area contributed by atoms with Crippen LogP contribution in [0.1, 0.15) is 252 Å². The second-order valence-electron chi connectivity index (χ2n) is 19.7. The summed E-state index contributed by atoms with van der Waals surface area (Å²) in [4.78, 5) is 39.7. The van der Waals surface area contributed by atoms with Crippen molar-refractivity contribution in [3.8, 4) is 0 Å². The van der Waals surface area contributed by atoms with Crippen LogP contribution in [0.15, 0.2) is 36.5 Å². The Kier molecular flexibility index (Phi) is 44.7. The number of nitrogens with zero attached hydrogens (tertiary/aromatic N) is 1. The van der Waals surface area contributed by atoms with Gasteiger partial charge in [-0.2, -0.15) is 0 Å². The zero-order valence-corrected chi connectivity index (χ0v) is 44.3. The van der Waals surface area contributed by atoms with Crippen LogP contribution >= 0.6 is 7.82 Å². The average Bonchev–Trinajstić information content (AvgIpc) is 3.26. The molecule has 0 aromatic carbocycles. The largest absolute Gasteiger partial charge is 0.756 e. The summed E-state index contributed by atoms with van der Waals surface area (Å²) in [6.45, 7) is 6.80. The number of carbonyl (C=O) groups excluding carboxylic acids is 2. The first-order chi connectivity index (χ1) is 31.4. The zero-order chi connectivity index (χ0) is 48.0. The monoisotopic (exact) mass is 937 g/mol. The molecule has 0 aromatic rings. The van der Waals surface area contributed by atoms with Crippen LogP contribution in [-0.2, 0) is 27.9 Å². The van der Waals surface area contributed by atoms with E-state index < -0.39 is 26.6 Å². The van der Waals surface area contributed by atoms with Crippen LogP contribution in [0.5, 0.6) is 0 Å². The molecule has 0 aliphatic heterocycles. The highest BCUT2D eigenvalue weighted by Gasteiger charge is 2.27. The van der Waals surface area contributed by atoms with Crippen molar-refractivity contribution in [1.82, 2.24) is 5.32 Å². The van der Waals surface area contributed by atoms with Gasteiger partial charge in [-0.1, -0.05) is 192 Å². The van der Waals surface area contributed by atoms with Crippen molar-refractivity contribution in [2.75, 3.05) is 40.9 Å². The normalized spacial score (nSPS) is 14.1. The van der Waals surface area contributed by atoms with Gasteiger partial charge in [-0.15, -0.1) is 0 Å². The summed E-state index contributed by atoms with van der Waals surface area (Å²) in [5.74, 6) is -0.575. The number of phosphoric ester groups is 1. The number of hydrogen-bond donors (Lipinski definition) is 1. The lowest BCUT2D eigenvalue weighted by Gasteiger charge is -2.30. The lowest BCUT2D eigenvalue weighted by atomic mass is 10.1. The number of nitrogens with one attached hydrogen (secondary N) is 1. The Morgan fingerprint density at radius 2 is 0.892 bits per heavy atom. The molecule has 65 heavy (non-hydrogen) atoms. The first-order valence-electron chi connectivity index (χ1n) is 27.3. The summed E-state index contributed by atoms with van der Waals surface area (Å²) in [5, 5.41) is 3.00. The summed E-state index contributed by atoms with van der Waals surface area (Å²) in [6, 6.07) is -0.897. The van der Waals surface area contributed by atoms with Crippen LogP contribution in [0.3, 0.4) is 0 Å². The van der Waals surface area contributed by atoms with Gasteiger partial charge in [0.1, 0.15) is 19.3 Å². The molecule has 9 nitrogen and oxygen atoms in total. The molecular formula is C55H105N2O7P. The van der Waals surface area contributed by atoms with Crippen LogP contribution in [0.4, 0.5) is 0 Å². The summed E-state index contributed by atoms with van der Waals surface area (Å²) < 4.78 is 30.1. The van der Waals surface area contributed by atoms with Gasteiger partial charge in [0.05, 0.1) is 33.8 Å². The maximum Gasteiger partial charge on any atom is 0.306 e. The zero-order valence-electron chi connectivity index (χ0n) is 43.4. The number of unbranched alkanes of at least 4 members (excludes halogenated alkanes) is 29. The number of hydrogen-bond acceptors (Lipinski definition) is 7. The van der Waals surface area contributed by atoms with Crippen molar-refractivity contribution in [2.24, 2.45) is 0 Å². The summed E-state index contributed by atoms with van der Waals surface area (Å²) >= 11 is 0. The number of phosphoric acid groups is 1. The molecule has 0 radical (unpaired) electrons. The topological polar surface area (TPSA) is 114 Å². The third kappa shape index (κ3) is 47.1. The molecule has 1 amide bonds. The number of allylic oxidation sites excluding steroid dienone is 5. The molecule has 3 atom stereocenters. The Hall–Kier alpha value is -1.77. The van der Waals surface area contributed by atoms with E-state index in [1.54, 1.807) is 0 Å². The van der Waals surface area contributed by atoms with Crippen LogP contribution < -0.4 is 10.2 Å². The van der Waals surface area contributed by atoms with Gasteiger partial charge in [-0.05, 0) is 83.1 Å². The Morgan fingerprint density at radius 3 is 1.31 bits per heavy atom. The molecule has 3 unspecified atom stereocenters. The molecule has 0 rings (SSSR count). The van der Waals surface area contributed by atoms with Crippen molar-refractivity contribution in [3.63, 3.8) is 0 Å². The van der Waals surface area contributed by atoms with Gasteiger partial charge in [-0.3, -0.25) is 14.2 Å². The minimum atomic E-state index is -4.69. The first-order valence-corrected chi connectivity index (χ1v) is 28.8. The van der Waals surface area contributed by atoms with Crippen molar-refractivity contribution >= 4 is 19.7 Å². The smallest absolute Gasteiger partial charge is 0.306 e. The maximum atomic E-state index is 13.4. The van der Waals surface area contributed by atoms with E-state index in [1.807, 2.05) is 33.3 Å². The van der Waals surface area contributed by atoms with E-state index in [9.17, 15) is 19.0 Å². The van der Waals surface area contributed by atoms with Gasteiger partial charge >= 0.3 is 5.97 Å². The number of esters is 1. The van der Waals surface area contributed by atoms with Gasteiger partial charge in [0.2, 0.25) is 5.91 Å². The Balaban J connectivity index is 5.45. The van der Waals surface area contributed by atoms with Crippen LogP contribution in [0, 0.1) is 0 Å². The molecule has 1 N–H and O–H groups in total. The third-order valence-electron chi connectivity index (χ3n) is 12.0. The van der Waals surface area contributed by atoms with Gasteiger partial charge < -0.3 is 28.5 Å². The number of quaternary nitrogens is 1. The quantitative estimate of drug-likeness (QED) is 0.0212. The van der Waals surface area contributed by atoms with Crippen LogP contribution in [0.25, 0.3) is 0 Å². The minimum Gasteiger partial charge on any atom is -0.756 e. The molecule has 0 aromatic heterocycles. The molecule has 0 saturated carbocycles. The number of likely N-dealkylation sites (N-methyl/N-ethyl adjacent to an activating group) is 1. The highest BCUT2D eigenvalue weighted by Crippen LogP contribution is 2.38. The number of carbonyl (C=O) groups is 2. The summed E-state index contributed by atoms with van der Waals surface area (Å²) in [7, 11) is 1.17. The van der Waals surface area contributed by atoms with Crippen molar-refractivity contribution in [2.45, 2.75) is 264 Å². The molecule has 0 bridgehead atoms. The SMILES string of the molecule is CCCCCCCC/C=C\CCCCCC(=O)NC(COP(=O)([O-])OCC[N+](C)(C)C)C(/C=C/CCCCCCCCCCCC)OC(=O)CCCCC/C=C\CCCCCCCCC. The molecule has 382 valence electrons. The number of rotatable bonds is 49. The molecule has 0 fully saturated rings. The van der Waals surface area contributed by atoms with Crippen LogP contribution in [-0.4, -0.2) is 69.4 Å². The fourth-order valence-corrected chi connectivity index (χ4v) is 8.47. The molecule has 0 saturated heterocycles. The minimum absolute atomic E-state index is 0.0261. The second kappa shape index (κ2) is 46.0. The molecular weight excluding hydrogens is 832 g/mol. The predicted molar refractivity (Wildman–Crippen MR) is 275 cm³/mol. The highest BCUT2D eigenvalue weighted by atomic mass is 31.2. The van der Waals surface area contributed by atoms with Crippen molar-refractivity contribution in [3.05, 3.63) is 36.5 Å². The molecule has 0 aliphatic rings. The Labute approximate surface area is 402 Å². The third-order valence-corrected chi connectivity index (χ3v) is 13.0. The van der Waals surface area contributed by atoms with E-state index in [1.165, 1.54) is 135 Å². The molecule has 0 spiro atoms. The fraction of sp³-hybridized carbons (Fsp3) is 0.855. The predicted octanol–water partition coefficient (Wildman–Crippen LogP) is 15.4. The summed E-state index contributed by atoms with van der Waals surface area (Å²) in [5.41, 5.74) is 0. The van der Waals surface area contributed by atoms with Gasteiger partial charge in [0.25, 0.3) is 7.82 Å². The second-order valence-corrected chi connectivity index (χ2v) is 21.1. The Morgan fingerprint density at radius 1 is 0.523 bits per heavy atom. The maximum absolute atomic E-state index is 13.4. The molecule has 10 heteroatoms. The lowest BCUT2D eigenvalue weighted by Crippen LogP contribution is -2.47. The van der Waals surface area contributed by atoms with E-state index in [0.29, 0.717) is 30.3 Å². The van der Waals surface area contributed by atoms with Gasteiger partial charge in [0, 0.05) is 12.8 Å². The van der Waals surface area contributed by atoms with Crippen LogP contribution in [0.2, 0.25) is 0 Å². The van der Waals surface area contributed by atoms with E-state index in [-0.39, 0.29) is 24.9 Å². The standard InChI is InChI=1S/C55H105N2O7P/c1-7-10-13-16-19-22-25-28-30-33-36-39-42-45-48-55(59)64-53(46-43-40-37-34-31-27-24-21-18-15-12-9-3)52(51-63-65(60,61)62-50-49-57(4,5)6)56-54(58)47-44-41-38-35-32-29-26-23-20-17-14-11-8-2/h29-30,32-33,43,46,52-53H,7-28,31,34-42,44-45,47-51H2,1-6H3,(H-,56,58,60,61)/b32-29-,33-30-,46-43+. The van der Waals surface area contributed by atoms with E-state index >= 15 is 0 Å². The lowest BCUT2D eigenvalue weighted by molar-refractivity contribution is -0.870. The van der Waals surface area contributed by atoms with E-state index in [4.69, 9.17) is 13.8 Å². The number of ether oxygens (including phenoxy) is 1. The van der Waals surface area contributed by atoms with E-state index in [2.05, 4.69) is 50.4 Å². The van der Waals surface area contributed by atoms with Gasteiger partial charge in [-0.25, -0.2) is 0 Å². The summed E-state index contributed by atoms with van der Waals surface area (Å²) in [6.07, 6.45) is 52.5. The highest BCUT2D eigenvalue weighted by molar-refractivity contribution is 7.45. The van der Waals surface area contributed by atoms with Gasteiger partial charge in [0.15, 0.2) is 0 Å². The number of amides is 1. The first kappa shape index (κ1) is 63.2. The fourth-order valence-electron chi connectivity index (χ4n) is 7.75. The molecule has 0 aliphatic carbocycles. The van der Waals surface area contributed by atoms with Crippen molar-refractivity contribution in [1.29, 1.82) is 0 Å².